The molecule has 3 nitrogen and oxygen atoms in total. The van der Waals surface area contributed by atoms with Crippen LogP contribution in [0.5, 0.6) is 0 Å². The lowest BCUT2D eigenvalue weighted by Gasteiger charge is -2.40. The van der Waals surface area contributed by atoms with Gasteiger partial charge in [0.1, 0.15) is 0 Å². The summed E-state index contributed by atoms with van der Waals surface area (Å²) in [4.78, 5) is 15.5. The maximum absolute atomic E-state index is 13.6. The Labute approximate surface area is 174 Å². The van der Waals surface area contributed by atoms with Crippen LogP contribution in [0.15, 0.2) is 60.7 Å². The van der Waals surface area contributed by atoms with Gasteiger partial charge in [0.2, 0.25) is 0 Å². The highest BCUT2D eigenvalue weighted by Crippen LogP contribution is 2.42. The van der Waals surface area contributed by atoms with Crippen molar-refractivity contribution in [1.29, 1.82) is 0 Å². The molecule has 0 bridgehead atoms. The van der Waals surface area contributed by atoms with Gasteiger partial charge in [-0.25, -0.2) is 0 Å². The fraction of sp³-hybridized carbons (Fsp3) is 0.462. The number of rotatable bonds is 6. The van der Waals surface area contributed by atoms with E-state index in [-0.39, 0.29) is 11.8 Å². The van der Waals surface area contributed by atoms with Crippen LogP contribution in [0.2, 0.25) is 0 Å². The van der Waals surface area contributed by atoms with Crippen molar-refractivity contribution in [3.05, 3.63) is 78.2 Å². The highest BCUT2D eigenvalue weighted by atomic mass is 16.3. The van der Waals surface area contributed by atoms with Crippen molar-refractivity contribution in [1.82, 2.24) is 4.90 Å². The van der Waals surface area contributed by atoms with Gasteiger partial charge >= 0.3 is 0 Å². The van der Waals surface area contributed by atoms with Crippen molar-refractivity contribution in [2.24, 2.45) is 11.8 Å². The number of benzene rings is 2. The van der Waals surface area contributed by atoms with Gasteiger partial charge in [0.05, 0.1) is 0 Å². The zero-order chi connectivity index (χ0) is 20.1. The van der Waals surface area contributed by atoms with Gasteiger partial charge in [-0.15, -0.1) is 0 Å². The molecule has 1 N–H and O–H groups in total. The Morgan fingerprint density at radius 3 is 2.14 bits per heavy atom. The van der Waals surface area contributed by atoms with E-state index in [0.717, 1.165) is 63.6 Å². The van der Waals surface area contributed by atoms with E-state index < -0.39 is 5.60 Å². The topological polar surface area (TPSA) is 40.5 Å². The molecule has 29 heavy (non-hydrogen) atoms. The van der Waals surface area contributed by atoms with Gasteiger partial charge in [0, 0.05) is 19.0 Å². The molecule has 4 rings (SSSR count). The monoisotopic (exact) mass is 390 g/mol. The van der Waals surface area contributed by atoms with Crippen LogP contribution in [-0.2, 0) is 16.8 Å². The summed E-state index contributed by atoms with van der Waals surface area (Å²) in [7, 11) is 0. The standard InChI is InChI=1S/C26H32NO2/c28-25(26(29,24-13-7-8-14-24)23-11-5-2-6-12-23)27-19-17-22(18-20-27)16-15-21-9-3-1-4-10-21/h1-6,9-12,16,22,24,29H,7-8,13-15,17-20H2. The Balaban J connectivity index is 1.40. The highest BCUT2D eigenvalue weighted by molar-refractivity contribution is 5.87. The first-order chi connectivity index (χ1) is 14.2. The second-order valence-corrected chi connectivity index (χ2v) is 8.67. The minimum absolute atomic E-state index is 0.0276. The smallest absolute Gasteiger partial charge is 0.259 e. The second kappa shape index (κ2) is 9.13. The van der Waals surface area contributed by atoms with Gasteiger partial charge in [0.25, 0.3) is 5.91 Å². The number of piperidine rings is 1. The number of hydrogen-bond acceptors (Lipinski definition) is 2. The molecule has 1 amide bonds. The molecule has 1 aliphatic heterocycles. The molecular weight excluding hydrogens is 358 g/mol. The summed E-state index contributed by atoms with van der Waals surface area (Å²) in [5, 5.41) is 11.7. The molecule has 1 saturated carbocycles. The van der Waals surface area contributed by atoms with Crippen LogP contribution in [0.4, 0.5) is 0 Å². The maximum atomic E-state index is 13.6. The minimum Gasteiger partial charge on any atom is -0.375 e. The lowest BCUT2D eigenvalue weighted by molar-refractivity contribution is -0.160. The molecule has 0 aromatic heterocycles. The quantitative estimate of drug-likeness (QED) is 0.773. The number of hydrogen-bond donors (Lipinski definition) is 1. The van der Waals surface area contributed by atoms with Crippen LogP contribution in [0.1, 0.15) is 49.7 Å². The molecule has 2 aliphatic rings. The predicted molar refractivity (Wildman–Crippen MR) is 116 cm³/mol. The summed E-state index contributed by atoms with van der Waals surface area (Å²) >= 11 is 0. The van der Waals surface area contributed by atoms with Crippen molar-refractivity contribution in [3.8, 4) is 0 Å². The fourth-order valence-electron chi connectivity index (χ4n) is 5.07. The molecule has 1 unspecified atom stereocenters. The number of amides is 1. The van der Waals surface area contributed by atoms with E-state index in [9.17, 15) is 9.90 Å². The average Bonchev–Trinajstić information content (AvgIpc) is 3.34. The Morgan fingerprint density at radius 1 is 0.931 bits per heavy atom. The first kappa shape index (κ1) is 20.2. The van der Waals surface area contributed by atoms with E-state index >= 15 is 0 Å². The van der Waals surface area contributed by atoms with E-state index in [0.29, 0.717) is 5.92 Å². The van der Waals surface area contributed by atoms with Crippen molar-refractivity contribution in [2.45, 2.75) is 50.5 Å². The second-order valence-electron chi connectivity index (χ2n) is 8.67. The molecule has 153 valence electrons. The predicted octanol–water partition coefficient (Wildman–Crippen LogP) is 4.75. The molecule has 2 aromatic rings. The van der Waals surface area contributed by atoms with E-state index in [1.807, 2.05) is 41.3 Å². The lowest BCUT2D eigenvalue weighted by Crippen LogP contribution is -2.53. The normalized spacial score (nSPS) is 20.5. The third-order valence-electron chi connectivity index (χ3n) is 6.84. The number of likely N-dealkylation sites (tertiary alicyclic amines) is 1. The van der Waals surface area contributed by atoms with E-state index in [2.05, 4.69) is 30.7 Å². The summed E-state index contributed by atoms with van der Waals surface area (Å²) in [6.07, 6.45) is 9.40. The lowest BCUT2D eigenvalue weighted by atomic mass is 9.78. The summed E-state index contributed by atoms with van der Waals surface area (Å²) < 4.78 is 0. The zero-order valence-electron chi connectivity index (χ0n) is 17.2. The molecule has 1 atom stereocenters. The van der Waals surface area contributed by atoms with Crippen LogP contribution < -0.4 is 0 Å². The van der Waals surface area contributed by atoms with Crippen LogP contribution in [0.25, 0.3) is 0 Å². The molecule has 0 spiro atoms. The molecule has 3 heteroatoms. The Kier molecular flexibility index (Phi) is 6.34. The number of carbonyl (C=O) groups is 1. The average molecular weight is 391 g/mol. The highest BCUT2D eigenvalue weighted by Gasteiger charge is 2.48. The molecule has 1 saturated heterocycles. The van der Waals surface area contributed by atoms with E-state index in [4.69, 9.17) is 0 Å². The molecule has 1 radical (unpaired) electrons. The van der Waals surface area contributed by atoms with Crippen LogP contribution in [-0.4, -0.2) is 29.0 Å². The molecule has 1 heterocycles. The van der Waals surface area contributed by atoms with Gasteiger partial charge < -0.3 is 10.0 Å². The van der Waals surface area contributed by atoms with Crippen molar-refractivity contribution >= 4 is 5.91 Å². The molecule has 2 aromatic carbocycles. The molecular formula is C26H32NO2. The third-order valence-corrected chi connectivity index (χ3v) is 6.84. The zero-order valence-corrected chi connectivity index (χ0v) is 17.2. The first-order valence-electron chi connectivity index (χ1n) is 11.1. The Morgan fingerprint density at radius 2 is 1.52 bits per heavy atom. The molecule has 1 aliphatic carbocycles. The maximum Gasteiger partial charge on any atom is 0.259 e. The largest absolute Gasteiger partial charge is 0.375 e. The fourth-order valence-corrected chi connectivity index (χ4v) is 5.07. The Bertz CT molecular complexity index is 777. The van der Waals surface area contributed by atoms with Crippen molar-refractivity contribution < 1.29 is 9.90 Å². The van der Waals surface area contributed by atoms with E-state index in [1.54, 1.807) is 0 Å². The van der Waals surface area contributed by atoms with Gasteiger partial charge in [-0.2, -0.15) is 0 Å². The Hall–Kier alpha value is -2.13. The number of carbonyl (C=O) groups excluding carboxylic acids is 1. The summed E-state index contributed by atoms with van der Waals surface area (Å²) in [6, 6.07) is 20.2. The summed E-state index contributed by atoms with van der Waals surface area (Å²) in [6.45, 7) is 1.47. The van der Waals surface area contributed by atoms with Gasteiger partial charge in [-0.1, -0.05) is 73.5 Å². The van der Waals surface area contributed by atoms with Crippen LogP contribution in [0, 0.1) is 18.3 Å². The van der Waals surface area contributed by atoms with Gasteiger partial charge in [0.15, 0.2) is 5.60 Å². The van der Waals surface area contributed by atoms with E-state index in [1.165, 1.54) is 5.56 Å². The van der Waals surface area contributed by atoms with Gasteiger partial charge in [-0.05, 0) is 55.6 Å². The van der Waals surface area contributed by atoms with Crippen LogP contribution in [0.3, 0.4) is 0 Å². The number of nitrogens with zero attached hydrogens (tertiary/aromatic N) is 1. The SMILES string of the molecule is O=C(N1CCC([CH]Cc2ccccc2)CC1)C(O)(c1ccccc1)C1CCCC1. The first-order valence-corrected chi connectivity index (χ1v) is 11.1. The summed E-state index contributed by atoms with van der Waals surface area (Å²) in [5.74, 6) is 0.479. The van der Waals surface area contributed by atoms with Crippen LogP contribution >= 0.6 is 0 Å². The number of aliphatic hydroxyl groups is 1. The summed E-state index contributed by atoms with van der Waals surface area (Å²) in [5.41, 5.74) is 0.721. The molecule has 2 fully saturated rings. The minimum atomic E-state index is -1.38. The third kappa shape index (κ3) is 4.40. The van der Waals surface area contributed by atoms with Crippen molar-refractivity contribution in [3.63, 3.8) is 0 Å². The van der Waals surface area contributed by atoms with Gasteiger partial charge in [-0.3, -0.25) is 4.79 Å². The van der Waals surface area contributed by atoms with Crippen molar-refractivity contribution in [2.75, 3.05) is 13.1 Å².